The van der Waals surface area contributed by atoms with Crippen LogP contribution in [0.5, 0.6) is 0 Å². The number of rotatable bonds is 9. The highest BCUT2D eigenvalue weighted by Crippen LogP contribution is 2.30. The maximum absolute atomic E-state index is 12.9. The molecule has 0 aliphatic carbocycles. The van der Waals surface area contributed by atoms with Crippen LogP contribution in [0, 0.1) is 10.1 Å². The molecule has 0 spiro atoms. The Morgan fingerprint density at radius 3 is 2.39 bits per heavy atom. The summed E-state index contributed by atoms with van der Waals surface area (Å²) in [7, 11) is 0.213. The fourth-order valence-corrected chi connectivity index (χ4v) is 5.32. The van der Waals surface area contributed by atoms with Crippen molar-refractivity contribution in [2.75, 3.05) is 39.0 Å². The predicted octanol–water partition coefficient (Wildman–Crippen LogP) is 3.35. The van der Waals surface area contributed by atoms with Gasteiger partial charge in [-0.3, -0.25) is 10.1 Å². The van der Waals surface area contributed by atoms with Crippen molar-refractivity contribution in [3.63, 3.8) is 0 Å². The van der Waals surface area contributed by atoms with Crippen molar-refractivity contribution in [1.82, 2.24) is 9.21 Å². The Morgan fingerprint density at radius 2 is 1.77 bits per heavy atom. The number of nitro benzene ring substituents is 1. The minimum atomic E-state index is -3.73. The maximum atomic E-state index is 12.9. The van der Waals surface area contributed by atoms with Crippen LogP contribution in [0.25, 0.3) is 0 Å². The smallest absolute Gasteiger partial charge is 0.293 e. The van der Waals surface area contributed by atoms with Crippen molar-refractivity contribution >= 4 is 21.4 Å². The molecule has 31 heavy (non-hydrogen) atoms. The number of piperidine rings is 1. The van der Waals surface area contributed by atoms with Gasteiger partial charge in [0.15, 0.2) is 0 Å². The largest absolute Gasteiger partial charge is 0.378 e. The minimum Gasteiger partial charge on any atom is -0.378 e. The number of sulfonamides is 1. The number of nitrogens with one attached hydrogen (secondary N) is 1. The summed E-state index contributed by atoms with van der Waals surface area (Å²) in [5.74, 6) is 0. The molecule has 1 fully saturated rings. The van der Waals surface area contributed by atoms with Gasteiger partial charge in [-0.2, -0.15) is 4.31 Å². The van der Waals surface area contributed by atoms with E-state index in [0.29, 0.717) is 25.3 Å². The van der Waals surface area contributed by atoms with Gasteiger partial charge in [0.05, 0.1) is 9.82 Å². The summed E-state index contributed by atoms with van der Waals surface area (Å²) in [6.45, 7) is 1.40. The summed E-state index contributed by atoms with van der Waals surface area (Å²) in [4.78, 5) is 13.2. The fraction of sp³-hybridized carbons (Fsp3) is 0.455. The van der Waals surface area contributed by atoms with Crippen LogP contribution in [-0.2, 0) is 16.4 Å². The van der Waals surface area contributed by atoms with Crippen LogP contribution in [-0.4, -0.2) is 62.3 Å². The lowest BCUT2D eigenvalue weighted by Crippen LogP contribution is -2.36. The molecule has 0 bridgehead atoms. The number of anilines is 1. The zero-order valence-electron chi connectivity index (χ0n) is 18.0. The van der Waals surface area contributed by atoms with Gasteiger partial charge in [0.1, 0.15) is 5.69 Å². The third-order valence-electron chi connectivity index (χ3n) is 5.69. The third-order valence-corrected chi connectivity index (χ3v) is 7.59. The van der Waals surface area contributed by atoms with E-state index in [1.807, 2.05) is 32.3 Å². The molecule has 168 valence electrons. The first-order chi connectivity index (χ1) is 14.8. The summed E-state index contributed by atoms with van der Waals surface area (Å²) >= 11 is 0. The van der Waals surface area contributed by atoms with Crippen molar-refractivity contribution in [1.29, 1.82) is 0 Å². The highest BCUT2D eigenvalue weighted by molar-refractivity contribution is 7.89. The standard InChI is InChI=1S/C22H30N4O4S/c1-24(2)19(15-18-9-5-3-6-10-18)17-23-21-12-11-20(16-22(21)26(27)28)31(29,30)25-13-7-4-8-14-25/h3,5-6,9-12,16,19,23H,4,7-8,13-15,17H2,1-2H3. The number of benzene rings is 2. The van der Waals surface area contributed by atoms with Crippen molar-refractivity contribution in [2.24, 2.45) is 0 Å². The summed E-state index contributed by atoms with van der Waals surface area (Å²) < 4.78 is 27.2. The average molecular weight is 447 g/mol. The first-order valence-electron chi connectivity index (χ1n) is 10.5. The van der Waals surface area contributed by atoms with Gasteiger partial charge >= 0.3 is 0 Å². The predicted molar refractivity (Wildman–Crippen MR) is 122 cm³/mol. The molecule has 2 aromatic carbocycles. The van der Waals surface area contributed by atoms with Crippen molar-refractivity contribution in [3.05, 3.63) is 64.2 Å². The highest BCUT2D eigenvalue weighted by Gasteiger charge is 2.28. The molecule has 1 unspecified atom stereocenters. The van der Waals surface area contributed by atoms with Gasteiger partial charge in [0, 0.05) is 31.7 Å². The quantitative estimate of drug-likeness (QED) is 0.469. The lowest BCUT2D eigenvalue weighted by Gasteiger charge is -2.26. The molecule has 2 aromatic rings. The van der Waals surface area contributed by atoms with E-state index in [-0.39, 0.29) is 16.6 Å². The molecule has 0 radical (unpaired) electrons. The van der Waals surface area contributed by atoms with Crippen LogP contribution in [0.15, 0.2) is 53.4 Å². The van der Waals surface area contributed by atoms with E-state index in [0.717, 1.165) is 25.7 Å². The van der Waals surface area contributed by atoms with E-state index in [1.54, 1.807) is 0 Å². The Morgan fingerprint density at radius 1 is 1.10 bits per heavy atom. The third kappa shape index (κ3) is 5.81. The van der Waals surface area contributed by atoms with E-state index in [2.05, 4.69) is 22.3 Å². The molecular formula is C22H30N4O4S. The monoisotopic (exact) mass is 446 g/mol. The topological polar surface area (TPSA) is 95.8 Å². The molecule has 1 atom stereocenters. The fourth-order valence-electron chi connectivity index (χ4n) is 3.78. The number of likely N-dealkylation sites (N-methyl/N-ethyl adjacent to an activating group) is 1. The molecule has 1 saturated heterocycles. The second kappa shape index (κ2) is 10.2. The van der Waals surface area contributed by atoms with Gasteiger partial charge in [-0.25, -0.2) is 8.42 Å². The molecule has 1 aliphatic heterocycles. The Kier molecular flexibility index (Phi) is 7.64. The van der Waals surface area contributed by atoms with Crippen molar-refractivity contribution in [2.45, 2.75) is 36.6 Å². The molecule has 1 heterocycles. The van der Waals surface area contributed by atoms with Crippen LogP contribution >= 0.6 is 0 Å². The second-order valence-corrected chi connectivity index (χ2v) is 10.0. The van der Waals surface area contributed by atoms with E-state index in [1.165, 1.54) is 28.1 Å². The van der Waals surface area contributed by atoms with Crippen LogP contribution < -0.4 is 5.32 Å². The molecule has 0 aromatic heterocycles. The highest BCUT2D eigenvalue weighted by atomic mass is 32.2. The number of hydrogen-bond donors (Lipinski definition) is 1. The lowest BCUT2D eigenvalue weighted by atomic mass is 10.1. The Bertz CT molecular complexity index is 990. The number of hydrogen-bond acceptors (Lipinski definition) is 6. The zero-order chi connectivity index (χ0) is 22.4. The van der Waals surface area contributed by atoms with Gasteiger partial charge in [0.25, 0.3) is 5.69 Å². The average Bonchev–Trinajstić information content (AvgIpc) is 2.77. The second-order valence-electron chi connectivity index (χ2n) is 8.09. The van der Waals surface area contributed by atoms with E-state index in [4.69, 9.17) is 0 Å². The van der Waals surface area contributed by atoms with Gasteiger partial charge in [0.2, 0.25) is 10.0 Å². The van der Waals surface area contributed by atoms with Crippen LogP contribution in [0.3, 0.4) is 0 Å². The van der Waals surface area contributed by atoms with Crippen LogP contribution in [0.4, 0.5) is 11.4 Å². The minimum absolute atomic E-state index is 0.0277. The molecule has 0 amide bonds. The molecule has 0 saturated carbocycles. The number of nitro groups is 1. The molecule has 9 heteroatoms. The lowest BCUT2D eigenvalue weighted by molar-refractivity contribution is -0.384. The summed E-state index contributed by atoms with van der Waals surface area (Å²) in [5.41, 5.74) is 1.28. The van der Waals surface area contributed by atoms with Gasteiger partial charge in [-0.05, 0) is 51.1 Å². The van der Waals surface area contributed by atoms with Crippen molar-refractivity contribution in [3.8, 4) is 0 Å². The Hall–Kier alpha value is -2.49. The first-order valence-corrected chi connectivity index (χ1v) is 12.0. The van der Waals surface area contributed by atoms with E-state index in [9.17, 15) is 18.5 Å². The summed E-state index contributed by atoms with van der Waals surface area (Å²) in [5, 5.41) is 14.9. The molecule has 8 nitrogen and oxygen atoms in total. The summed E-state index contributed by atoms with van der Waals surface area (Å²) in [6.07, 6.45) is 3.42. The Balaban J connectivity index is 1.78. The van der Waals surface area contributed by atoms with Gasteiger partial charge in [-0.1, -0.05) is 36.8 Å². The number of nitrogens with zero attached hydrogens (tertiary/aromatic N) is 3. The van der Waals surface area contributed by atoms with Crippen LogP contribution in [0.2, 0.25) is 0 Å². The SMILES string of the molecule is CN(C)C(CNc1ccc(S(=O)(=O)N2CCCCC2)cc1[N+](=O)[O-])Cc1ccccc1. The normalized spacial score (nSPS) is 16.2. The molecule has 3 rings (SSSR count). The van der Waals surface area contributed by atoms with E-state index >= 15 is 0 Å². The maximum Gasteiger partial charge on any atom is 0.293 e. The molecular weight excluding hydrogens is 416 g/mol. The van der Waals surface area contributed by atoms with Gasteiger partial charge in [-0.15, -0.1) is 0 Å². The van der Waals surface area contributed by atoms with Crippen LogP contribution in [0.1, 0.15) is 24.8 Å². The molecule has 1 N–H and O–H groups in total. The van der Waals surface area contributed by atoms with Gasteiger partial charge < -0.3 is 10.2 Å². The first kappa shape index (κ1) is 23.2. The van der Waals surface area contributed by atoms with Crippen molar-refractivity contribution < 1.29 is 13.3 Å². The van der Waals surface area contributed by atoms with E-state index < -0.39 is 14.9 Å². The molecule has 1 aliphatic rings. The zero-order valence-corrected chi connectivity index (χ0v) is 18.8. The Labute approximate surface area is 184 Å². The summed E-state index contributed by atoms with van der Waals surface area (Å²) in [6, 6.07) is 14.3.